The van der Waals surface area contributed by atoms with E-state index in [0.717, 1.165) is 37.7 Å². The zero-order chi connectivity index (χ0) is 11.5. The Hall–Kier alpha value is -0.870. The molecule has 1 atom stereocenters. The van der Waals surface area contributed by atoms with Crippen LogP contribution in [-0.4, -0.2) is 30.7 Å². The maximum atomic E-state index is 5.91. The van der Waals surface area contributed by atoms with Crippen LogP contribution in [-0.2, 0) is 6.42 Å². The summed E-state index contributed by atoms with van der Waals surface area (Å²) in [6, 6.07) is 0.578. The number of hydrogen-bond donors (Lipinski definition) is 2. The Morgan fingerprint density at radius 3 is 2.88 bits per heavy atom. The molecule has 1 aromatic heterocycles. The molecule has 2 aliphatic heterocycles. The van der Waals surface area contributed by atoms with Gasteiger partial charge in [-0.3, -0.25) is 0 Å². The first-order chi connectivity index (χ1) is 8.42. The monoisotopic (exact) mass is 235 g/mol. The number of nitrogens with one attached hydrogen (secondary N) is 2. The Balaban J connectivity index is 1.60. The molecule has 0 spiro atoms. The van der Waals surface area contributed by atoms with Gasteiger partial charge in [0.2, 0.25) is 0 Å². The molecule has 0 bridgehead atoms. The highest BCUT2D eigenvalue weighted by Gasteiger charge is 2.21. The second kappa shape index (κ2) is 5.19. The van der Waals surface area contributed by atoms with Crippen LogP contribution in [0.15, 0.2) is 10.6 Å². The smallest absolute Gasteiger partial charge is 0.195 e. The van der Waals surface area contributed by atoms with Crippen LogP contribution in [0, 0.1) is 0 Å². The van der Waals surface area contributed by atoms with E-state index in [1.54, 1.807) is 0 Å². The fraction of sp³-hybridized carbons (Fsp3) is 0.769. The Bertz CT molecular complexity index is 351. The van der Waals surface area contributed by atoms with Crippen LogP contribution in [0.25, 0.3) is 0 Å². The fourth-order valence-electron chi connectivity index (χ4n) is 2.86. The zero-order valence-electron chi connectivity index (χ0n) is 10.2. The fourth-order valence-corrected chi connectivity index (χ4v) is 2.86. The average molecular weight is 235 g/mol. The van der Waals surface area contributed by atoms with Crippen molar-refractivity contribution in [3.8, 4) is 0 Å². The van der Waals surface area contributed by atoms with E-state index < -0.39 is 0 Å². The molecule has 17 heavy (non-hydrogen) atoms. The molecule has 0 radical (unpaired) electrons. The summed E-state index contributed by atoms with van der Waals surface area (Å²) in [5.74, 6) is 2.59. The minimum absolute atomic E-state index is 0.578. The van der Waals surface area contributed by atoms with Gasteiger partial charge >= 0.3 is 0 Å². The number of hydrogen-bond acceptors (Lipinski definition) is 4. The summed E-state index contributed by atoms with van der Waals surface area (Å²) in [6.07, 6.45) is 7.79. The van der Waals surface area contributed by atoms with Crippen LogP contribution >= 0.6 is 0 Å². The van der Waals surface area contributed by atoms with Gasteiger partial charge in [0, 0.05) is 18.4 Å². The summed E-state index contributed by atoms with van der Waals surface area (Å²) in [6.45, 7) is 3.35. The van der Waals surface area contributed by atoms with E-state index in [9.17, 15) is 0 Å². The number of oxazole rings is 1. The zero-order valence-corrected chi connectivity index (χ0v) is 10.2. The summed E-state index contributed by atoms with van der Waals surface area (Å²) >= 11 is 0. The third-order valence-corrected chi connectivity index (χ3v) is 3.90. The summed E-state index contributed by atoms with van der Waals surface area (Å²) < 4.78 is 5.91. The maximum absolute atomic E-state index is 5.91. The van der Waals surface area contributed by atoms with Crippen LogP contribution < -0.4 is 10.6 Å². The van der Waals surface area contributed by atoms with Crippen molar-refractivity contribution in [2.75, 3.05) is 19.6 Å². The molecule has 4 heteroatoms. The molecule has 4 nitrogen and oxygen atoms in total. The lowest BCUT2D eigenvalue weighted by atomic mass is 9.96. The Morgan fingerprint density at radius 1 is 1.24 bits per heavy atom. The van der Waals surface area contributed by atoms with Crippen LogP contribution in [0.2, 0.25) is 0 Å². The average Bonchev–Trinajstić information content (AvgIpc) is 3.02. The maximum Gasteiger partial charge on any atom is 0.195 e. The number of piperidine rings is 1. The van der Waals surface area contributed by atoms with E-state index in [0.29, 0.717) is 12.0 Å². The molecule has 2 fully saturated rings. The minimum atomic E-state index is 0.578. The topological polar surface area (TPSA) is 50.1 Å². The van der Waals surface area contributed by atoms with E-state index in [1.165, 1.54) is 25.7 Å². The van der Waals surface area contributed by atoms with Crippen molar-refractivity contribution in [1.82, 2.24) is 15.6 Å². The highest BCUT2D eigenvalue weighted by molar-refractivity contribution is 5.04. The normalized spacial score (nSPS) is 26.5. The van der Waals surface area contributed by atoms with Crippen molar-refractivity contribution in [1.29, 1.82) is 0 Å². The van der Waals surface area contributed by atoms with E-state index in [4.69, 9.17) is 4.42 Å². The molecular weight excluding hydrogens is 214 g/mol. The molecule has 2 aliphatic rings. The van der Waals surface area contributed by atoms with Gasteiger partial charge < -0.3 is 15.1 Å². The van der Waals surface area contributed by atoms with Crippen molar-refractivity contribution < 1.29 is 4.42 Å². The molecule has 1 unspecified atom stereocenters. The first-order valence-corrected chi connectivity index (χ1v) is 6.80. The molecule has 0 aromatic carbocycles. The van der Waals surface area contributed by atoms with E-state index in [-0.39, 0.29) is 0 Å². The van der Waals surface area contributed by atoms with Crippen molar-refractivity contribution in [2.24, 2.45) is 0 Å². The summed E-state index contributed by atoms with van der Waals surface area (Å²) in [5, 5.41) is 6.86. The van der Waals surface area contributed by atoms with Gasteiger partial charge in [-0.15, -0.1) is 0 Å². The molecule has 1 aromatic rings. The van der Waals surface area contributed by atoms with Crippen LogP contribution in [0.1, 0.15) is 43.3 Å². The van der Waals surface area contributed by atoms with E-state index in [1.807, 2.05) is 6.20 Å². The van der Waals surface area contributed by atoms with Gasteiger partial charge in [0.05, 0.1) is 6.20 Å². The van der Waals surface area contributed by atoms with Gasteiger partial charge in [-0.25, -0.2) is 4.98 Å². The molecule has 3 heterocycles. The van der Waals surface area contributed by atoms with Crippen molar-refractivity contribution in [2.45, 2.75) is 44.1 Å². The third kappa shape index (κ3) is 2.69. The van der Waals surface area contributed by atoms with Crippen LogP contribution in [0.3, 0.4) is 0 Å². The summed E-state index contributed by atoms with van der Waals surface area (Å²) in [5.41, 5.74) is 0. The van der Waals surface area contributed by atoms with Gasteiger partial charge in [0.1, 0.15) is 5.76 Å². The molecule has 2 N–H and O–H groups in total. The Labute approximate surface area is 102 Å². The van der Waals surface area contributed by atoms with E-state index in [2.05, 4.69) is 15.6 Å². The lowest BCUT2D eigenvalue weighted by Gasteiger charge is -2.20. The quantitative estimate of drug-likeness (QED) is 0.832. The molecular formula is C13H21N3O. The lowest BCUT2D eigenvalue weighted by Crippen LogP contribution is -2.26. The predicted molar refractivity (Wildman–Crippen MR) is 66.1 cm³/mol. The number of rotatable bonds is 3. The summed E-state index contributed by atoms with van der Waals surface area (Å²) in [7, 11) is 0. The third-order valence-electron chi connectivity index (χ3n) is 3.90. The van der Waals surface area contributed by atoms with Crippen LogP contribution in [0.4, 0.5) is 0 Å². The lowest BCUT2D eigenvalue weighted by molar-refractivity contribution is 0.362. The highest BCUT2D eigenvalue weighted by atomic mass is 16.4. The van der Waals surface area contributed by atoms with Crippen LogP contribution in [0.5, 0.6) is 0 Å². The molecule has 0 aliphatic carbocycles. The predicted octanol–water partition coefficient (Wildman–Crippen LogP) is 1.44. The van der Waals surface area contributed by atoms with Gasteiger partial charge in [0.25, 0.3) is 0 Å². The van der Waals surface area contributed by atoms with Gasteiger partial charge in [-0.05, 0) is 45.3 Å². The van der Waals surface area contributed by atoms with Crippen molar-refractivity contribution >= 4 is 0 Å². The molecule has 0 saturated carbocycles. The molecule has 2 saturated heterocycles. The van der Waals surface area contributed by atoms with Gasteiger partial charge in [-0.2, -0.15) is 0 Å². The minimum Gasteiger partial charge on any atom is -0.445 e. The van der Waals surface area contributed by atoms with E-state index >= 15 is 0 Å². The standard InChI is InChI=1S/C13H21N3O/c1-2-11(15-5-1)8-13-16-9-12(17-13)10-3-6-14-7-4-10/h9-11,14-15H,1-8H2. The second-order valence-electron chi connectivity index (χ2n) is 5.18. The summed E-state index contributed by atoms with van der Waals surface area (Å²) in [4.78, 5) is 4.43. The first-order valence-electron chi connectivity index (χ1n) is 6.80. The van der Waals surface area contributed by atoms with Gasteiger partial charge in [0.15, 0.2) is 5.89 Å². The Morgan fingerprint density at radius 2 is 2.12 bits per heavy atom. The van der Waals surface area contributed by atoms with Crippen molar-refractivity contribution in [3.05, 3.63) is 17.8 Å². The van der Waals surface area contributed by atoms with Gasteiger partial charge in [-0.1, -0.05) is 0 Å². The highest BCUT2D eigenvalue weighted by Crippen LogP contribution is 2.26. The number of nitrogens with zero attached hydrogens (tertiary/aromatic N) is 1. The number of aromatic nitrogens is 1. The SMILES string of the molecule is c1nc(CC2CCCN2)oc1C1CCNCC1. The Kier molecular flexibility index (Phi) is 3.43. The molecule has 94 valence electrons. The molecule has 0 amide bonds. The molecule has 3 rings (SSSR count). The van der Waals surface area contributed by atoms with Crippen molar-refractivity contribution in [3.63, 3.8) is 0 Å². The largest absolute Gasteiger partial charge is 0.445 e. The second-order valence-corrected chi connectivity index (χ2v) is 5.18. The first kappa shape index (κ1) is 11.2.